The van der Waals surface area contributed by atoms with Gasteiger partial charge in [0.15, 0.2) is 0 Å². The molecule has 1 nitrogen and oxygen atoms in total. The Hall–Kier alpha value is -1.31. The highest BCUT2D eigenvalue weighted by Crippen LogP contribution is 2.12. The summed E-state index contributed by atoms with van der Waals surface area (Å²) in [5.74, 6) is 0. The summed E-state index contributed by atoms with van der Waals surface area (Å²) < 4.78 is 0. The Bertz CT molecular complexity index is 496. The first-order chi connectivity index (χ1) is 9.28. The molecule has 0 aliphatic rings. The molecule has 0 fully saturated rings. The topological polar surface area (TPSA) is 3.24 Å². The molecule has 0 spiro atoms. The Balaban J connectivity index is 1.89. The highest BCUT2D eigenvalue weighted by atomic mass is 35.5. The normalized spacial score (nSPS) is 10.9. The lowest BCUT2D eigenvalue weighted by atomic mass is 10.1. The van der Waals surface area contributed by atoms with Gasteiger partial charge in [-0.1, -0.05) is 61.0 Å². The maximum Gasteiger partial charge on any atom is 0.0408 e. The second kappa shape index (κ2) is 7.32. The molecule has 2 aromatic rings. The van der Waals surface area contributed by atoms with Crippen molar-refractivity contribution >= 4 is 11.6 Å². The molecule has 0 heterocycles. The third kappa shape index (κ3) is 4.70. The van der Waals surface area contributed by atoms with Crippen LogP contribution in [-0.2, 0) is 13.0 Å². The molecule has 0 radical (unpaired) electrons. The van der Waals surface area contributed by atoms with Gasteiger partial charge in [-0.25, -0.2) is 0 Å². The smallest absolute Gasteiger partial charge is 0.0408 e. The Labute approximate surface area is 120 Å². The van der Waals surface area contributed by atoms with Crippen LogP contribution in [0.25, 0.3) is 0 Å². The van der Waals surface area contributed by atoms with E-state index in [4.69, 9.17) is 11.6 Å². The van der Waals surface area contributed by atoms with Gasteiger partial charge < -0.3 is 0 Å². The molecule has 0 unspecified atom stereocenters. The fraction of sp³-hybridized carbons (Fsp3) is 0.294. The Morgan fingerprint density at radius 1 is 0.947 bits per heavy atom. The number of halogens is 1. The summed E-state index contributed by atoms with van der Waals surface area (Å²) in [5.41, 5.74) is 2.68. The minimum absolute atomic E-state index is 0.823. The Morgan fingerprint density at radius 3 is 2.37 bits per heavy atom. The van der Waals surface area contributed by atoms with Crippen LogP contribution in [0.2, 0.25) is 5.02 Å². The van der Waals surface area contributed by atoms with Gasteiger partial charge in [0, 0.05) is 18.1 Å². The summed E-state index contributed by atoms with van der Waals surface area (Å²) in [5, 5.41) is 0.823. The summed E-state index contributed by atoms with van der Waals surface area (Å²) in [7, 11) is 0. The maximum atomic E-state index is 6.01. The van der Waals surface area contributed by atoms with Crippen LogP contribution >= 0.6 is 11.6 Å². The average molecular weight is 274 g/mol. The predicted molar refractivity (Wildman–Crippen MR) is 82.5 cm³/mol. The fourth-order valence-electron chi connectivity index (χ4n) is 2.17. The van der Waals surface area contributed by atoms with E-state index in [2.05, 4.69) is 54.3 Å². The third-order valence-corrected chi connectivity index (χ3v) is 3.54. The Kier molecular flexibility index (Phi) is 5.44. The number of rotatable bonds is 6. The number of likely N-dealkylation sites (N-methyl/N-ethyl adjacent to an activating group) is 1. The van der Waals surface area contributed by atoms with Crippen LogP contribution in [0.5, 0.6) is 0 Å². The molecule has 0 aliphatic heterocycles. The first-order valence-electron chi connectivity index (χ1n) is 6.78. The molecule has 0 saturated heterocycles. The number of hydrogen-bond acceptors (Lipinski definition) is 1. The number of benzene rings is 2. The van der Waals surface area contributed by atoms with Gasteiger partial charge >= 0.3 is 0 Å². The molecule has 0 aromatic heterocycles. The van der Waals surface area contributed by atoms with Crippen molar-refractivity contribution < 1.29 is 0 Å². The molecule has 2 heteroatoms. The molecule has 0 saturated carbocycles. The van der Waals surface area contributed by atoms with Gasteiger partial charge in [0.25, 0.3) is 0 Å². The molecular formula is C17H20ClN. The lowest BCUT2D eigenvalue weighted by Crippen LogP contribution is -2.25. The molecule has 19 heavy (non-hydrogen) atoms. The number of nitrogens with zero attached hydrogens (tertiary/aromatic N) is 1. The van der Waals surface area contributed by atoms with Crippen LogP contribution in [0.4, 0.5) is 0 Å². The quantitative estimate of drug-likeness (QED) is 0.754. The monoisotopic (exact) mass is 273 g/mol. The highest BCUT2D eigenvalue weighted by molar-refractivity contribution is 6.30. The van der Waals surface area contributed by atoms with Gasteiger partial charge in [-0.15, -0.1) is 0 Å². The lowest BCUT2D eigenvalue weighted by Gasteiger charge is -2.20. The third-order valence-electron chi connectivity index (χ3n) is 3.30. The van der Waals surface area contributed by atoms with E-state index in [0.717, 1.165) is 31.1 Å². The Morgan fingerprint density at radius 2 is 1.68 bits per heavy atom. The van der Waals surface area contributed by atoms with E-state index < -0.39 is 0 Å². The van der Waals surface area contributed by atoms with Crippen molar-refractivity contribution in [2.24, 2.45) is 0 Å². The van der Waals surface area contributed by atoms with Crippen LogP contribution < -0.4 is 0 Å². The summed E-state index contributed by atoms with van der Waals surface area (Å²) in [6.07, 6.45) is 1.04. The molecule has 2 rings (SSSR count). The van der Waals surface area contributed by atoms with Gasteiger partial charge in [0.2, 0.25) is 0 Å². The average Bonchev–Trinajstić information content (AvgIpc) is 2.44. The molecule has 0 bridgehead atoms. The molecule has 0 aliphatic carbocycles. The van der Waals surface area contributed by atoms with Crippen molar-refractivity contribution in [1.29, 1.82) is 0 Å². The first kappa shape index (κ1) is 14.1. The summed E-state index contributed by atoms with van der Waals surface area (Å²) in [4.78, 5) is 2.45. The van der Waals surface area contributed by atoms with Gasteiger partial charge in [0.05, 0.1) is 0 Å². The molecule has 0 amide bonds. The van der Waals surface area contributed by atoms with Crippen LogP contribution in [0.3, 0.4) is 0 Å². The minimum atomic E-state index is 0.823. The fourth-order valence-corrected chi connectivity index (χ4v) is 2.38. The molecule has 100 valence electrons. The van der Waals surface area contributed by atoms with Crippen molar-refractivity contribution in [3.8, 4) is 0 Å². The first-order valence-corrected chi connectivity index (χ1v) is 7.16. The van der Waals surface area contributed by atoms with Gasteiger partial charge in [-0.05, 0) is 36.2 Å². The zero-order valence-electron chi connectivity index (χ0n) is 11.3. The summed E-state index contributed by atoms with van der Waals surface area (Å²) in [6.45, 7) is 5.35. The number of hydrogen-bond donors (Lipinski definition) is 0. The van der Waals surface area contributed by atoms with E-state index in [0.29, 0.717) is 0 Å². The van der Waals surface area contributed by atoms with Gasteiger partial charge in [0.1, 0.15) is 0 Å². The molecule has 2 aromatic carbocycles. The maximum absolute atomic E-state index is 6.01. The van der Waals surface area contributed by atoms with E-state index in [1.165, 1.54) is 11.1 Å². The van der Waals surface area contributed by atoms with E-state index >= 15 is 0 Å². The van der Waals surface area contributed by atoms with Crippen LogP contribution in [-0.4, -0.2) is 18.0 Å². The van der Waals surface area contributed by atoms with Crippen molar-refractivity contribution in [2.75, 3.05) is 13.1 Å². The summed E-state index contributed by atoms with van der Waals surface area (Å²) in [6, 6.07) is 18.8. The minimum Gasteiger partial charge on any atom is -0.299 e. The second-order valence-electron chi connectivity index (χ2n) is 4.73. The van der Waals surface area contributed by atoms with Crippen molar-refractivity contribution in [1.82, 2.24) is 4.90 Å². The van der Waals surface area contributed by atoms with Crippen LogP contribution in [0.1, 0.15) is 18.1 Å². The standard InChI is InChI=1S/C17H20ClN/c1-2-19(14-16-7-4-3-5-8-16)12-11-15-9-6-10-17(18)13-15/h3-10,13H,2,11-12,14H2,1H3. The zero-order chi connectivity index (χ0) is 13.5. The molecule has 0 N–H and O–H groups in total. The molecular weight excluding hydrogens is 254 g/mol. The van der Waals surface area contributed by atoms with E-state index in [-0.39, 0.29) is 0 Å². The van der Waals surface area contributed by atoms with E-state index in [1.54, 1.807) is 0 Å². The largest absolute Gasteiger partial charge is 0.299 e. The van der Waals surface area contributed by atoms with Crippen LogP contribution in [0, 0.1) is 0 Å². The molecule has 0 atom stereocenters. The van der Waals surface area contributed by atoms with E-state index in [1.807, 2.05) is 12.1 Å². The second-order valence-corrected chi connectivity index (χ2v) is 5.17. The highest BCUT2D eigenvalue weighted by Gasteiger charge is 2.04. The van der Waals surface area contributed by atoms with Crippen molar-refractivity contribution in [3.05, 3.63) is 70.7 Å². The predicted octanol–water partition coefficient (Wildman–Crippen LogP) is 4.40. The van der Waals surface area contributed by atoms with Crippen LogP contribution in [0.15, 0.2) is 54.6 Å². The zero-order valence-corrected chi connectivity index (χ0v) is 12.1. The van der Waals surface area contributed by atoms with Gasteiger partial charge in [-0.3, -0.25) is 4.90 Å². The SMILES string of the molecule is CCN(CCc1cccc(Cl)c1)Cc1ccccc1. The van der Waals surface area contributed by atoms with Gasteiger partial charge in [-0.2, -0.15) is 0 Å². The van der Waals surface area contributed by atoms with Crippen molar-refractivity contribution in [2.45, 2.75) is 19.9 Å². The van der Waals surface area contributed by atoms with E-state index in [9.17, 15) is 0 Å². The lowest BCUT2D eigenvalue weighted by molar-refractivity contribution is 0.283. The van der Waals surface area contributed by atoms with Crippen molar-refractivity contribution in [3.63, 3.8) is 0 Å². The summed E-state index contributed by atoms with van der Waals surface area (Å²) >= 11 is 6.01.